The largest absolute Gasteiger partial charge is 0.482 e. The van der Waals surface area contributed by atoms with Gasteiger partial charge in [-0.1, -0.05) is 23.7 Å². The molecular formula is C21H23ClFN3O4. The summed E-state index contributed by atoms with van der Waals surface area (Å²) < 4.78 is 24.6. The Hall–Kier alpha value is -2.84. The van der Waals surface area contributed by atoms with Crippen molar-refractivity contribution in [3.05, 3.63) is 58.9 Å². The van der Waals surface area contributed by atoms with Crippen LogP contribution in [0.1, 0.15) is 12.0 Å². The lowest BCUT2D eigenvalue weighted by molar-refractivity contribution is -0.134. The number of nitrogens with two attached hydrogens (primary N) is 1. The second-order valence-electron chi connectivity index (χ2n) is 6.94. The number of rotatable bonds is 6. The lowest BCUT2D eigenvalue weighted by Gasteiger charge is -2.24. The van der Waals surface area contributed by atoms with Crippen molar-refractivity contribution in [1.82, 2.24) is 4.90 Å². The molecule has 0 spiro atoms. The molecule has 1 unspecified atom stereocenters. The second-order valence-corrected chi connectivity index (χ2v) is 7.37. The number of carbonyl (C=O) groups excluding carboxylic acids is 2. The van der Waals surface area contributed by atoms with Gasteiger partial charge in [-0.15, -0.1) is 0 Å². The van der Waals surface area contributed by atoms with Gasteiger partial charge in [0.2, 0.25) is 0 Å². The van der Waals surface area contributed by atoms with Gasteiger partial charge in [-0.05, 0) is 42.3 Å². The van der Waals surface area contributed by atoms with E-state index in [2.05, 4.69) is 5.32 Å². The third-order valence-corrected chi connectivity index (χ3v) is 4.87. The van der Waals surface area contributed by atoms with Crippen molar-refractivity contribution in [2.75, 3.05) is 31.6 Å². The number of anilines is 1. The Morgan fingerprint density at radius 3 is 2.77 bits per heavy atom. The molecule has 3 rings (SSSR count). The van der Waals surface area contributed by atoms with Gasteiger partial charge in [0.15, 0.2) is 6.61 Å². The summed E-state index contributed by atoms with van der Waals surface area (Å²) in [6, 6.07) is 10.1. The monoisotopic (exact) mass is 435 g/mol. The smallest absolute Gasteiger partial charge is 0.316 e. The van der Waals surface area contributed by atoms with Gasteiger partial charge in [0.1, 0.15) is 11.6 Å². The molecule has 0 aliphatic carbocycles. The van der Waals surface area contributed by atoms with E-state index in [9.17, 15) is 14.0 Å². The summed E-state index contributed by atoms with van der Waals surface area (Å²) >= 11 is 5.94. The maximum atomic E-state index is 13.1. The third-order valence-electron chi connectivity index (χ3n) is 4.63. The zero-order chi connectivity index (χ0) is 21.5. The van der Waals surface area contributed by atoms with E-state index in [0.29, 0.717) is 43.3 Å². The molecule has 0 bridgehead atoms. The van der Waals surface area contributed by atoms with E-state index >= 15 is 0 Å². The van der Waals surface area contributed by atoms with Crippen molar-refractivity contribution < 1.29 is 23.5 Å². The lowest BCUT2D eigenvalue weighted by Crippen LogP contribution is -2.40. The van der Waals surface area contributed by atoms with Gasteiger partial charge < -0.3 is 25.4 Å². The van der Waals surface area contributed by atoms with Crippen LogP contribution in [0.5, 0.6) is 5.75 Å². The Balaban J connectivity index is 1.60. The van der Waals surface area contributed by atoms with Gasteiger partial charge in [-0.2, -0.15) is 0 Å². The summed E-state index contributed by atoms with van der Waals surface area (Å²) in [5.41, 5.74) is 6.39. The van der Waals surface area contributed by atoms with E-state index in [1.54, 1.807) is 29.2 Å². The molecule has 0 aromatic heterocycles. The lowest BCUT2D eigenvalue weighted by atomic mass is 10.1. The van der Waals surface area contributed by atoms with Crippen LogP contribution in [0.3, 0.4) is 0 Å². The van der Waals surface area contributed by atoms with Crippen LogP contribution in [0.2, 0.25) is 5.02 Å². The Morgan fingerprint density at radius 1 is 1.27 bits per heavy atom. The summed E-state index contributed by atoms with van der Waals surface area (Å²) in [6.07, 6.45) is 1.10. The van der Waals surface area contributed by atoms with E-state index in [1.807, 2.05) is 0 Å². The van der Waals surface area contributed by atoms with Crippen molar-refractivity contribution in [1.29, 1.82) is 0 Å². The number of primary amides is 1. The van der Waals surface area contributed by atoms with Crippen LogP contribution in [0.4, 0.5) is 14.9 Å². The number of hydrogen-bond acceptors (Lipinski definition) is 4. The number of benzene rings is 2. The van der Waals surface area contributed by atoms with Crippen molar-refractivity contribution in [2.45, 2.75) is 18.9 Å². The van der Waals surface area contributed by atoms with Crippen LogP contribution in [-0.2, 0) is 16.0 Å². The molecule has 0 saturated carbocycles. The standard InChI is InChI=1S/C21H23ClFN3O4/c22-15-4-7-19(18(11-15)25-21(24)28)30-13-20(27)26-8-1-9-29-17(12-26)10-14-2-5-16(23)6-3-14/h2-7,11,17H,1,8-10,12-13H2,(H3,24,25,28). The van der Waals surface area contributed by atoms with Gasteiger partial charge in [0.25, 0.3) is 5.91 Å². The van der Waals surface area contributed by atoms with Crippen LogP contribution < -0.4 is 15.8 Å². The average molecular weight is 436 g/mol. The molecule has 1 aliphatic rings. The highest BCUT2D eigenvalue weighted by Crippen LogP contribution is 2.28. The number of hydrogen-bond donors (Lipinski definition) is 2. The Labute approximate surface area is 178 Å². The van der Waals surface area contributed by atoms with Gasteiger partial charge in [-0.25, -0.2) is 9.18 Å². The molecule has 1 fully saturated rings. The van der Waals surface area contributed by atoms with Gasteiger partial charge >= 0.3 is 6.03 Å². The number of amides is 3. The summed E-state index contributed by atoms with van der Waals surface area (Å²) in [5.74, 6) is -0.202. The topological polar surface area (TPSA) is 93.9 Å². The molecule has 30 heavy (non-hydrogen) atoms. The molecule has 7 nitrogen and oxygen atoms in total. The van der Waals surface area contributed by atoms with Crippen molar-refractivity contribution in [3.63, 3.8) is 0 Å². The highest BCUT2D eigenvalue weighted by molar-refractivity contribution is 6.31. The van der Waals surface area contributed by atoms with E-state index in [0.717, 1.165) is 5.56 Å². The quantitative estimate of drug-likeness (QED) is 0.728. The molecule has 1 atom stereocenters. The number of ether oxygens (including phenoxy) is 2. The first kappa shape index (κ1) is 21.9. The van der Waals surface area contributed by atoms with E-state index in [4.69, 9.17) is 26.8 Å². The maximum absolute atomic E-state index is 13.1. The fourth-order valence-electron chi connectivity index (χ4n) is 3.22. The first-order valence-electron chi connectivity index (χ1n) is 9.53. The minimum Gasteiger partial charge on any atom is -0.482 e. The molecule has 1 aliphatic heterocycles. The molecule has 1 heterocycles. The van der Waals surface area contributed by atoms with Crippen LogP contribution >= 0.6 is 11.6 Å². The predicted octanol–water partition coefficient (Wildman–Crippen LogP) is 3.21. The first-order chi connectivity index (χ1) is 14.4. The van der Waals surface area contributed by atoms with Gasteiger partial charge in [-0.3, -0.25) is 4.79 Å². The average Bonchev–Trinajstić information content (AvgIpc) is 2.94. The molecule has 2 aromatic rings. The highest BCUT2D eigenvalue weighted by atomic mass is 35.5. The number of nitrogens with zero attached hydrogens (tertiary/aromatic N) is 1. The fraction of sp³-hybridized carbons (Fsp3) is 0.333. The SMILES string of the molecule is NC(=O)Nc1cc(Cl)ccc1OCC(=O)N1CCCOC(Cc2ccc(F)cc2)C1. The molecule has 2 aromatic carbocycles. The number of halogens is 2. The summed E-state index contributed by atoms with van der Waals surface area (Å²) in [5, 5.41) is 2.82. The summed E-state index contributed by atoms with van der Waals surface area (Å²) in [4.78, 5) is 25.6. The first-order valence-corrected chi connectivity index (χ1v) is 9.91. The van der Waals surface area contributed by atoms with Crippen LogP contribution in [0, 0.1) is 5.82 Å². The Kier molecular flexibility index (Phi) is 7.48. The minimum atomic E-state index is -0.762. The van der Waals surface area contributed by atoms with Crippen molar-refractivity contribution in [2.24, 2.45) is 5.73 Å². The number of nitrogens with one attached hydrogen (secondary N) is 1. The normalized spacial score (nSPS) is 16.6. The van der Waals surface area contributed by atoms with Crippen LogP contribution in [-0.4, -0.2) is 49.2 Å². The summed E-state index contributed by atoms with van der Waals surface area (Å²) in [7, 11) is 0. The van der Waals surface area contributed by atoms with E-state index < -0.39 is 6.03 Å². The van der Waals surface area contributed by atoms with Crippen LogP contribution in [0.25, 0.3) is 0 Å². The molecule has 0 radical (unpaired) electrons. The predicted molar refractivity (Wildman–Crippen MR) is 111 cm³/mol. The Morgan fingerprint density at radius 2 is 2.03 bits per heavy atom. The molecule has 9 heteroatoms. The molecule has 3 amide bonds. The molecule has 3 N–H and O–H groups in total. The number of urea groups is 1. The van der Waals surface area contributed by atoms with E-state index in [1.165, 1.54) is 18.2 Å². The highest BCUT2D eigenvalue weighted by Gasteiger charge is 2.23. The van der Waals surface area contributed by atoms with Crippen LogP contribution in [0.15, 0.2) is 42.5 Å². The molecular weight excluding hydrogens is 413 g/mol. The number of carbonyl (C=O) groups is 2. The summed E-state index contributed by atoms with van der Waals surface area (Å²) in [6.45, 7) is 1.29. The van der Waals surface area contributed by atoms with Gasteiger partial charge in [0.05, 0.1) is 11.8 Å². The minimum absolute atomic E-state index is 0.190. The van der Waals surface area contributed by atoms with Gasteiger partial charge in [0, 0.05) is 31.1 Å². The fourth-order valence-corrected chi connectivity index (χ4v) is 3.39. The zero-order valence-corrected chi connectivity index (χ0v) is 17.0. The molecule has 160 valence electrons. The Bertz CT molecular complexity index is 894. The zero-order valence-electron chi connectivity index (χ0n) is 16.3. The third kappa shape index (κ3) is 6.33. The molecule has 1 saturated heterocycles. The van der Waals surface area contributed by atoms with Crippen molar-refractivity contribution in [3.8, 4) is 5.75 Å². The van der Waals surface area contributed by atoms with Crippen molar-refractivity contribution >= 4 is 29.2 Å². The maximum Gasteiger partial charge on any atom is 0.316 e. The van der Waals surface area contributed by atoms with E-state index in [-0.39, 0.29) is 30.1 Å². The second kappa shape index (κ2) is 10.3.